The molecule has 1 atom stereocenters. The molecule has 0 amide bonds. The summed E-state index contributed by atoms with van der Waals surface area (Å²) in [6, 6.07) is 7.35. The van der Waals surface area contributed by atoms with E-state index >= 15 is 0 Å². The Balaban J connectivity index is 2.64. The summed E-state index contributed by atoms with van der Waals surface area (Å²) in [4.78, 5) is 0. The van der Waals surface area contributed by atoms with Gasteiger partial charge in [0.05, 0.1) is 12.5 Å². The van der Waals surface area contributed by atoms with Gasteiger partial charge in [-0.1, -0.05) is 45.0 Å². The van der Waals surface area contributed by atoms with Crippen LogP contribution in [0.1, 0.15) is 38.3 Å². The first-order chi connectivity index (χ1) is 8.08. The molecule has 0 bridgehead atoms. The van der Waals surface area contributed by atoms with E-state index in [1.807, 2.05) is 12.1 Å². The van der Waals surface area contributed by atoms with E-state index in [-0.39, 0.29) is 11.8 Å². The van der Waals surface area contributed by atoms with Crippen molar-refractivity contribution in [2.45, 2.75) is 51.3 Å². The van der Waals surface area contributed by atoms with E-state index in [1.54, 1.807) is 12.1 Å². The van der Waals surface area contributed by atoms with Crippen molar-refractivity contribution in [3.8, 4) is 0 Å². The average Bonchev–Trinajstić information content (AvgIpc) is 2.13. The maximum Gasteiger partial charge on any atom is 0.391 e. The summed E-state index contributed by atoms with van der Waals surface area (Å²) >= 11 is 0. The molecule has 0 aliphatic rings. The molecule has 0 radical (unpaired) electrons. The Morgan fingerprint density at radius 2 is 1.56 bits per heavy atom. The minimum atomic E-state index is -4.31. The maximum atomic E-state index is 12.1. The highest BCUT2D eigenvalue weighted by Gasteiger charge is 2.31. The molecular weight excluding hydrogens is 241 g/mol. The van der Waals surface area contributed by atoms with Gasteiger partial charge in [-0.25, -0.2) is 0 Å². The van der Waals surface area contributed by atoms with Crippen molar-refractivity contribution in [3.05, 3.63) is 35.4 Å². The van der Waals surface area contributed by atoms with Crippen molar-refractivity contribution in [1.29, 1.82) is 0 Å². The fourth-order valence-electron chi connectivity index (χ4n) is 1.75. The van der Waals surface area contributed by atoms with Crippen LogP contribution in [0.5, 0.6) is 0 Å². The molecule has 1 aromatic rings. The van der Waals surface area contributed by atoms with Gasteiger partial charge < -0.3 is 5.11 Å². The monoisotopic (exact) mass is 260 g/mol. The summed E-state index contributed by atoms with van der Waals surface area (Å²) in [6.07, 6.45) is -6.81. The zero-order valence-electron chi connectivity index (χ0n) is 10.9. The first-order valence-corrected chi connectivity index (χ1v) is 5.92. The summed E-state index contributed by atoms with van der Waals surface area (Å²) in [6.45, 7) is 6.21. The number of hydrogen-bond acceptors (Lipinski definition) is 1. The van der Waals surface area contributed by atoms with Crippen LogP contribution >= 0.6 is 0 Å². The zero-order chi connectivity index (χ0) is 14.0. The van der Waals surface area contributed by atoms with Crippen molar-refractivity contribution in [2.24, 2.45) is 0 Å². The van der Waals surface area contributed by atoms with Gasteiger partial charge in [0, 0.05) is 0 Å². The number of benzene rings is 1. The second kappa shape index (κ2) is 5.31. The van der Waals surface area contributed by atoms with E-state index in [1.165, 1.54) is 0 Å². The van der Waals surface area contributed by atoms with E-state index in [9.17, 15) is 18.3 Å². The van der Waals surface area contributed by atoms with E-state index in [0.717, 1.165) is 11.1 Å². The molecule has 4 heteroatoms. The molecule has 0 fully saturated rings. The molecule has 102 valence electrons. The van der Waals surface area contributed by atoms with Crippen LogP contribution in [-0.2, 0) is 11.8 Å². The van der Waals surface area contributed by atoms with Crippen LogP contribution in [0, 0.1) is 0 Å². The molecular formula is C14H19F3O. The minimum Gasteiger partial charge on any atom is -0.392 e. The average molecular weight is 260 g/mol. The van der Waals surface area contributed by atoms with E-state index in [2.05, 4.69) is 20.8 Å². The molecule has 1 unspecified atom stereocenters. The van der Waals surface area contributed by atoms with Crippen LogP contribution in [0.15, 0.2) is 24.3 Å². The lowest BCUT2D eigenvalue weighted by Crippen LogP contribution is -2.21. The summed E-state index contributed by atoms with van der Waals surface area (Å²) < 4.78 is 36.2. The van der Waals surface area contributed by atoms with Gasteiger partial charge in [-0.15, -0.1) is 0 Å². The first-order valence-electron chi connectivity index (χ1n) is 5.92. The molecule has 1 aromatic carbocycles. The topological polar surface area (TPSA) is 20.2 Å². The predicted molar refractivity (Wildman–Crippen MR) is 65.5 cm³/mol. The Kier molecular flexibility index (Phi) is 4.43. The second-order valence-corrected chi connectivity index (χ2v) is 5.62. The standard InChI is InChI=1S/C14H19F3O/c1-13(2,3)11-6-4-10(5-7-11)8-12(18)9-14(15,16)17/h4-7,12,18H,8-9H2,1-3H3. The van der Waals surface area contributed by atoms with Gasteiger partial charge in [0.15, 0.2) is 0 Å². The molecule has 0 aromatic heterocycles. The molecule has 0 saturated heterocycles. The van der Waals surface area contributed by atoms with Crippen LogP contribution in [0.2, 0.25) is 0 Å². The highest BCUT2D eigenvalue weighted by molar-refractivity contribution is 5.27. The number of hydrogen-bond donors (Lipinski definition) is 1. The Bertz CT molecular complexity index is 374. The SMILES string of the molecule is CC(C)(C)c1ccc(CC(O)CC(F)(F)F)cc1. The van der Waals surface area contributed by atoms with Crippen molar-refractivity contribution in [2.75, 3.05) is 0 Å². The van der Waals surface area contributed by atoms with Gasteiger partial charge in [0.2, 0.25) is 0 Å². The fraction of sp³-hybridized carbons (Fsp3) is 0.571. The molecule has 1 N–H and O–H groups in total. The van der Waals surface area contributed by atoms with Crippen LogP contribution in [0.4, 0.5) is 13.2 Å². The molecule has 1 rings (SSSR count). The van der Waals surface area contributed by atoms with Crippen LogP contribution in [0.25, 0.3) is 0 Å². The number of aliphatic hydroxyl groups excluding tert-OH is 1. The number of halogens is 3. The van der Waals surface area contributed by atoms with Crippen LogP contribution < -0.4 is 0 Å². The lowest BCUT2D eigenvalue weighted by molar-refractivity contribution is -0.153. The minimum absolute atomic E-state index is 0.0170. The second-order valence-electron chi connectivity index (χ2n) is 5.62. The molecule has 0 aliphatic carbocycles. The third kappa shape index (κ3) is 5.08. The smallest absolute Gasteiger partial charge is 0.391 e. The quantitative estimate of drug-likeness (QED) is 0.875. The van der Waals surface area contributed by atoms with Gasteiger partial charge in [-0.2, -0.15) is 13.2 Å². The molecule has 1 nitrogen and oxygen atoms in total. The number of aliphatic hydroxyl groups is 1. The van der Waals surface area contributed by atoms with E-state index < -0.39 is 18.7 Å². The van der Waals surface area contributed by atoms with Crippen molar-refractivity contribution in [3.63, 3.8) is 0 Å². The summed E-state index contributed by atoms with van der Waals surface area (Å²) in [7, 11) is 0. The van der Waals surface area contributed by atoms with Gasteiger partial charge in [-0.05, 0) is 23.0 Å². The summed E-state index contributed by atoms with van der Waals surface area (Å²) in [5.41, 5.74) is 1.86. The van der Waals surface area contributed by atoms with Crippen LogP contribution in [0.3, 0.4) is 0 Å². The lowest BCUT2D eigenvalue weighted by Gasteiger charge is -2.19. The maximum absolute atomic E-state index is 12.1. The van der Waals surface area contributed by atoms with Gasteiger partial charge >= 0.3 is 6.18 Å². The van der Waals surface area contributed by atoms with Gasteiger partial charge in [-0.3, -0.25) is 0 Å². The Morgan fingerprint density at radius 3 is 1.94 bits per heavy atom. The largest absolute Gasteiger partial charge is 0.392 e. The first kappa shape index (κ1) is 15.0. The zero-order valence-corrected chi connectivity index (χ0v) is 10.9. The Morgan fingerprint density at radius 1 is 1.06 bits per heavy atom. The Hall–Kier alpha value is -1.03. The number of rotatable bonds is 3. The van der Waals surface area contributed by atoms with E-state index in [0.29, 0.717) is 0 Å². The number of alkyl halides is 3. The third-order valence-corrected chi connectivity index (χ3v) is 2.76. The van der Waals surface area contributed by atoms with Crippen molar-refractivity contribution in [1.82, 2.24) is 0 Å². The highest BCUT2D eigenvalue weighted by atomic mass is 19.4. The van der Waals surface area contributed by atoms with Crippen molar-refractivity contribution >= 4 is 0 Å². The predicted octanol–water partition coefficient (Wildman–Crippen LogP) is 3.84. The van der Waals surface area contributed by atoms with Gasteiger partial charge in [0.1, 0.15) is 0 Å². The Labute approximate surface area is 106 Å². The molecule has 0 heterocycles. The molecule has 0 saturated carbocycles. The molecule has 0 aliphatic heterocycles. The molecule has 18 heavy (non-hydrogen) atoms. The summed E-state index contributed by atoms with van der Waals surface area (Å²) in [5, 5.41) is 9.35. The normalized spacial score (nSPS) is 14.6. The lowest BCUT2D eigenvalue weighted by atomic mass is 9.86. The third-order valence-electron chi connectivity index (χ3n) is 2.76. The fourth-order valence-corrected chi connectivity index (χ4v) is 1.75. The summed E-state index contributed by atoms with van der Waals surface area (Å²) in [5.74, 6) is 0. The van der Waals surface area contributed by atoms with Crippen molar-refractivity contribution < 1.29 is 18.3 Å². The van der Waals surface area contributed by atoms with Gasteiger partial charge in [0.25, 0.3) is 0 Å². The van der Waals surface area contributed by atoms with E-state index in [4.69, 9.17) is 0 Å². The van der Waals surface area contributed by atoms with Crippen LogP contribution in [-0.4, -0.2) is 17.4 Å². The highest BCUT2D eigenvalue weighted by Crippen LogP contribution is 2.25. The molecule has 0 spiro atoms.